The van der Waals surface area contributed by atoms with E-state index in [-0.39, 0.29) is 12.6 Å². The molecule has 1 saturated heterocycles. The first-order chi connectivity index (χ1) is 6.88. The van der Waals surface area contributed by atoms with Crippen molar-refractivity contribution in [2.45, 2.75) is 32.0 Å². The average Bonchev–Trinajstić information content (AvgIpc) is 2.26. The summed E-state index contributed by atoms with van der Waals surface area (Å²) in [6, 6.07) is 0. The van der Waals surface area contributed by atoms with Crippen LogP contribution in [0.5, 0.6) is 0 Å². The van der Waals surface area contributed by atoms with Gasteiger partial charge in [-0.15, -0.1) is 0 Å². The van der Waals surface area contributed by atoms with Gasteiger partial charge in [0.1, 0.15) is 6.42 Å². The molecule has 0 bridgehead atoms. The quantitative estimate of drug-likeness (QED) is 0.678. The lowest BCUT2D eigenvalue weighted by Gasteiger charge is -2.22. The Morgan fingerprint density at radius 3 is 2.80 bits per heavy atom. The Hall–Kier alpha value is -0.780. The van der Waals surface area contributed by atoms with Gasteiger partial charge in [-0.05, 0) is 13.3 Å². The molecule has 1 amide bonds. The topological polar surface area (TPSA) is 29.5 Å². The van der Waals surface area contributed by atoms with Crippen LogP contribution in [0.3, 0.4) is 0 Å². The summed E-state index contributed by atoms with van der Waals surface area (Å²) in [6.45, 7) is 2.84. The van der Waals surface area contributed by atoms with E-state index < -0.39 is 18.5 Å². The molecule has 0 N–H and O–H groups in total. The number of ether oxygens (including phenoxy) is 1. The normalized spacial score (nSPS) is 23.7. The molecule has 0 aromatic rings. The fourth-order valence-corrected chi connectivity index (χ4v) is 1.50. The van der Waals surface area contributed by atoms with Gasteiger partial charge in [-0.3, -0.25) is 4.79 Å². The summed E-state index contributed by atoms with van der Waals surface area (Å²) in [7, 11) is 0. The molecule has 1 heterocycles. The fourth-order valence-electron chi connectivity index (χ4n) is 1.50. The highest BCUT2D eigenvalue weighted by atomic mass is 19.4. The molecule has 1 atom stereocenters. The molecule has 6 heteroatoms. The number of hydrogen-bond acceptors (Lipinski definition) is 2. The summed E-state index contributed by atoms with van der Waals surface area (Å²) in [5.41, 5.74) is 0. The molecule has 0 aliphatic carbocycles. The zero-order chi connectivity index (χ0) is 11.5. The second kappa shape index (κ2) is 4.83. The fraction of sp³-hybridized carbons (Fsp3) is 0.889. The molecule has 1 aliphatic heterocycles. The van der Waals surface area contributed by atoms with Crippen LogP contribution in [0.1, 0.15) is 19.8 Å². The van der Waals surface area contributed by atoms with Crippen LogP contribution in [0.15, 0.2) is 0 Å². The molecule has 15 heavy (non-hydrogen) atoms. The first kappa shape index (κ1) is 12.3. The number of nitrogens with zero attached hydrogens (tertiary/aromatic N) is 1. The number of alkyl halides is 3. The van der Waals surface area contributed by atoms with E-state index in [4.69, 9.17) is 4.74 Å². The SMILES string of the molecule is C[C@@H]1CN(C(=O)CC(F)(F)F)CCCO1. The highest BCUT2D eigenvalue weighted by Crippen LogP contribution is 2.21. The molecule has 0 radical (unpaired) electrons. The van der Waals surface area contributed by atoms with E-state index in [0.717, 1.165) is 0 Å². The van der Waals surface area contributed by atoms with Crippen molar-refractivity contribution in [2.75, 3.05) is 19.7 Å². The van der Waals surface area contributed by atoms with Crippen LogP contribution >= 0.6 is 0 Å². The maximum atomic E-state index is 12.0. The van der Waals surface area contributed by atoms with Crippen molar-refractivity contribution in [3.05, 3.63) is 0 Å². The Kier molecular flexibility index (Phi) is 3.96. The van der Waals surface area contributed by atoms with E-state index in [1.165, 1.54) is 4.90 Å². The maximum Gasteiger partial charge on any atom is 0.397 e. The summed E-state index contributed by atoms with van der Waals surface area (Å²) < 4.78 is 41.2. The summed E-state index contributed by atoms with van der Waals surface area (Å²) >= 11 is 0. The van der Waals surface area contributed by atoms with Gasteiger partial charge in [-0.1, -0.05) is 0 Å². The molecule has 88 valence electrons. The van der Waals surface area contributed by atoms with Crippen LogP contribution in [0.25, 0.3) is 0 Å². The Morgan fingerprint density at radius 2 is 2.20 bits per heavy atom. The van der Waals surface area contributed by atoms with Gasteiger partial charge in [0.15, 0.2) is 0 Å². The first-order valence-corrected chi connectivity index (χ1v) is 4.84. The lowest BCUT2D eigenvalue weighted by molar-refractivity contribution is -0.161. The molecule has 0 spiro atoms. The van der Waals surface area contributed by atoms with Crippen LogP contribution < -0.4 is 0 Å². The maximum absolute atomic E-state index is 12.0. The van der Waals surface area contributed by atoms with Crippen molar-refractivity contribution in [1.82, 2.24) is 4.90 Å². The summed E-state index contributed by atoms with van der Waals surface area (Å²) in [6.07, 6.45) is -5.40. The molecule has 0 aromatic heterocycles. The largest absolute Gasteiger partial charge is 0.397 e. The lowest BCUT2D eigenvalue weighted by atomic mass is 10.3. The van der Waals surface area contributed by atoms with E-state index in [1.807, 2.05) is 0 Å². The zero-order valence-corrected chi connectivity index (χ0v) is 8.51. The second-order valence-corrected chi connectivity index (χ2v) is 3.67. The molecule has 1 aliphatic rings. The molecular formula is C9H14F3NO2. The minimum absolute atomic E-state index is 0.190. The standard InChI is InChI=1S/C9H14F3NO2/c1-7-6-13(3-2-4-15-7)8(14)5-9(10,11)12/h7H,2-6H2,1H3/t7-/m1/s1. The third-order valence-corrected chi connectivity index (χ3v) is 2.16. The van der Waals surface area contributed by atoms with Crippen molar-refractivity contribution in [1.29, 1.82) is 0 Å². The van der Waals surface area contributed by atoms with E-state index in [9.17, 15) is 18.0 Å². The van der Waals surface area contributed by atoms with Gasteiger partial charge in [0.05, 0.1) is 6.10 Å². The summed E-state index contributed by atoms with van der Waals surface area (Å²) in [5, 5.41) is 0. The first-order valence-electron chi connectivity index (χ1n) is 4.84. The van der Waals surface area contributed by atoms with Crippen molar-refractivity contribution >= 4 is 5.91 Å². The predicted molar refractivity (Wildman–Crippen MR) is 47.3 cm³/mol. The molecule has 0 aromatic carbocycles. The van der Waals surface area contributed by atoms with E-state index in [0.29, 0.717) is 19.6 Å². The zero-order valence-electron chi connectivity index (χ0n) is 8.51. The van der Waals surface area contributed by atoms with E-state index in [2.05, 4.69) is 0 Å². The molecule has 0 saturated carbocycles. The summed E-state index contributed by atoms with van der Waals surface area (Å²) in [4.78, 5) is 12.5. The van der Waals surface area contributed by atoms with Crippen LogP contribution in [-0.2, 0) is 9.53 Å². The number of amides is 1. The van der Waals surface area contributed by atoms with Gasteiger partial charge in [0.25, 0.3) is 0 Å². The number of halogens is 3. The van der Waals surface area contributed by atoms with Crippen LogP contribution in [-0.4, -0.2) is 42.8 Å². The summed E-state index contributed by atoms with van der Waals surface area (Å²) in [5.74, 6) is -0.861. The van der Waals surface area contributed by atoms with Crippen LogP contribution in [0, 0.1) is 0 Å². The predicted octanol–water partition coefficient (Wildman–Crippen LogP) is 1.58. The third kappa shape index (κ3) is 4.51. The molecule has 3 nitrogen and oxygen atoms in total. The van der Waals surface area contributed by atoms with Gasteiger partial charge >= 0.3 is 6.18 Å². The van der Waals surface area contributed by atoms with Crippen molar-refractivity contribution in [3.8, 4) is 0 Å². The number of hydrogen-bond donors (Lipinski definition) is 0. The third-order valence-electron chi connectivity index (χ3n) is 2.16. The monoisotopic (exact) mass is 225 g/mol. The molecule has 1 rings (SSSR count). The smallest absolute Gasteiger partial charge is 0.377 e. The highest BCUT2D eigenvalue weighted by molar-refractivity contribution is 5.76. The van der Waals surface area contributed by atoms with Gasteiger partial charge in [-0.2, -0.15) is 13.2 Å². The number of carbonyl (C=O) groups is 1. The second-order valence-electron chi connectivity index (χ2n) is 3.67. The Bertz CT molecular complexity index is 230. The number of carbonyl (C=O) groups excluding carboxylic acids is 1. The Morgan fingerprint density at radius 1 is 1.53 bits per heavy atom. The van der Waals surface area contributed by atoms with E-state index in [1.54, 1.807) is 6.92 Å². The minimum atomic E-state index is -4.42. The van der Waals surface area contributed by atoms with E-state index >= 15 is 0 Å². The van der Waals surface area contributed by atoms with Crippen LogP contribution in [0.2, 0.25) is 0 Å². The molecule has 0 unspecified atom stereocenters. The van der Waals surface area contributed by atoms with Gasteiger partial charge in [0.2, 0.25) is 5.91 Å². The molecule has 1 fully saturated rings. The van der Waals surface area contributed by atoms with Gasteiger partial charge in [-0.25, -0.2) is 0 Å². The van der Waals surface area contributed by atoms with Crippen molar-refractivity contribution in [3.63, 3.8) is 0 Å². The highest BCUT2D eigenvalue weighted by Gasteiger charge is 2.34. The van der Waals surface area contributed by atoms with Crippen molar-refractivity contribution < 1.29 is 22.7 Å². The lowest BCUT2D eigenvalue weighted by Crippen LogP contribution is -2.38. The van der Waals surface area contributed by atoms with Gasteiger partial charge < -0.3 is 9.64 Å². The Balaban J connectivity index is 2.50. The molecular weight excluding hydrogens is 211 g/mol. The van der Waals surface area contributed by atoms with Crippen molar-refractivity contribution in [2.24, 2.45) is 0 Å². The minimum Gasteiger partial charge on any atom is -0.377 e. The van der Waals surface area contributed by atoms with Gasteiger partial charge in [0, 0.05) is 19.7 Å². The number of rotatable bonds is 1. The Labute approximate surface area is 86.2 Å². The average molecular weight is 225 g/mol. The van der Waals surface area contributed by atoms with Crippen LogP contribution in [0.4, 0.5) is 13.2 Å².